The van der Waals surface area contributed by atoms with Gasteiger partial charge in [-0.2, -0.15) is 4.31 Å². The van der Waals surface area contributed by atoms with E-state index in [2.05, 4.69) is 19.4 Å². The topological polar surface area (TPSA) is 66.5 Å². The Balaban J connectivity index is 2.09. The lowest BCUT2D eigenvalue weighted by molar-refractivity contribution is -0.906. The molecular formula is C19H32N3O3S+. The van der Waals surface area contributed by atoms with Crippen molar-refractivity contribution in [2.24, 2.45) is 0 Å². The summed E-state index contributed by atoms with van der Waals surface area (Å²) in [7, 11) is 0.659. The molecule has 0 heterocycles. The second-order valence-corrected chi connectivity index (χ2v) is 9.48. The van der Waals surface area contributed by atoms with E-state index in [0.717, 1.165) is 12.8 Å². The average Bonchev–Trinajstić information content (AvgIpc) is 3.11. The molecule has 0 spiro atoms. The molecule has 0 aliphatic heterocycles. The zero-order valence-corrected chi connectivity index (χ0v) is 17.2. The van der Waals surface area contributed by atoms with Gasteiger partial charge in [0.25, 0.3) is 5.91 Å². The van der Waals surface area contributed by atoms with E-state index in [4.69, 9.17) is 0 Å². The van der Waals surface area contributed by atoms with Gasteiger partial charge in [-0.05, 0) is 43.9 Å². The van der Waals surface area contributed by atoms with Crippen molar-refractivity contribution in [2.45, 2.75) is 50.5 Å². The summed E-state index contributed by atoms with van der Waals surface area (Å²) in [5.74, 6) is -0.0840. The van der Waals surface area contributed by atoms with Crippen LogP contribution in [-0.2, 0) is 14.8 Å². The number of nitrogens with one attached hydrogen (secondary N) is 1. The highest BCUT2D eigenvalue weighted by molar-refractivity contribution is 7.89. The molecule has 1 aromatic carbocycles. The van der Waals surface area contributed by atoms with E-state index in [-0.39, 0.29) is 10.8 Å². The Hall–Kier alpha value is -1.44. The van der Waals surface area contributed by atoms with E-state index < -0.39 is 10.0 Å². The number of rotatable bonds is 8. The number of sulfonamides is 1. The maximum atomic E-state index is 12.6. The maximum Gasteiger partial charge on any atom is 0.279 e. The third-order valence-corrected chi connectivity index (χ3v) is 7.37. The minimum atomic E-state index is -3.53. The Morgan fingerprint density at radius 3 is 2.38 bits per heavy atom. The smallest absolute Gasteiger partial charge is 0.279 e. The summed E-state index contributed by atoms with van der Waals surface area (Å²) in [4.78, 5) is 12.7. The number of anilines is 1. The lowest BCUT2D eigenvalue weighted by atomic mass is 10.2. The van der Waals surface area contributed by atoms with Crippen LogP contribution in [0.5, 0.6) is 0 Å². The van der Waals surface area contributed by atoms with Crippen LogP contribution >= 0.6 is 0 Å². The van der Waals surface area contributed by atoms with Crippen molar-refractivity contribution in [3.63, 3.8) is 0 Å². The van der Waals surface area contributed by atoms with Gasteiger partial charge >= 0.3 is 0 Å². The normalized spacial score (nSPS) is 16.2. The van der Waals surface area contributed by atoms with Crippen LogP contribution in [0.25, 0.3) is 0 Å². The summed E-state index contributed by atoms with van der Waals surface area (Å²) in [5, 5.41) is 2.87. The molecule has 1 fully saturated rings. The highest BCUT2D eigenvalue weighted by atomic mass is 32.2. The van der Waals surface area contributed by atoms with Crippen LogP contribution in [0.3, 0.4) is 0 Å². The highest BCUT2D eigenvalue weighted by Crippen LogP contribution is 2.26. The molecule has 7 heteroatoms. The molecule has 0 bridgehead atoms. The van der Waals surface area contributed by atoms with Gasteiger partial charge < -0.3 is 9.80 Å². The molecule has 0 saturated heterocycles. The molecule has 1 amide bonds. The zero-order valence-electron chi connectivity index (χ0n) is 16.4. The number of benzene rings is 1. The van der Waals surface area contributed by atoms with Gasteiger partial charge in [-0.3, -0.25) is 4.79 Å². The third-order valence-electron chi connectivity index (χ3n) is 5.33. The van der Waals surface area contributed by atoms with Gasteiger partial charge in [-0.15, -0.1) is 0 Å². The lowest BCUT2D eigenvalue weighted by Gasteiger charge is -2.35. The molecule has 0 atom stereocenters. The first-order valence-electron chi connectivity index (χ1n) is 9.43. The van der Waals surface area contributed by atoms with Crippen LogP contribution in [0.1, 0.15) is 39.5 Å². The standard InChI is InChI=1S/C19H31N3O3S/c1-5-21(6-2)26(24,25)18-13-9-10-16(14-18)20-19(23)15-22(3,4)17-11-7-8-12-17/h9-10,13-14,17H,5-8,11-12,15H2,1-4H3/p+1. The van der Waals surface area contributed by atoms with Crippen molar-refractivity contribution in [1.82, 2.24) is 4.31 Å². The summed E-state index contributed by atoms with van der Waals surface area (Å²) in [6.45, 7) is 4.86. The number of quaternary nitrogens is 1. The van der Waals surface area contributed by atoms with E-state index in [1.807, 2.05) is 13.8 Å². The van der Waals surface area contributed by atoms with Crippen LogP contribution in [0, 0.1) is 0 Å². The quantitative estimate of drug-likeness (QED) is 0.703. The molecule has 2 rings (SSSR count). The summed E-state index contributed by atoms with van der Waals surface area (Å²) in [5.41, 5.74) is 0.523. The predicted molar refractivity (Wildman–Crippen MR) is 104 cm³/mol. The number of likely N-dealkylation sites (N-methyl/N-ethyl adjacent to an activating group) is 1. The molecule has 26 heavy (non-hydrogen) atoms. The van der Waals surface area contributed by atoms with Gasteiger partial charge in [-0.1, -0.05) is 19.9 Å². The number of hydrogen-bond acceptors (Lipinski definition) is 3. The first kappa shape index (κ1) is 20.9. The second kappa shape index (κ2) is 8.50. The van der Waals surface area contributed by atoms with Crippen molar-refractivity contribution in [2.75, 3.05) is 39.0 Å². The van der Waals surface area contributed by atoms with Crippen molar-refractivity contribution in [1.29, 1.82) is 0 Å². The van der Waals surface area contributed by atoms with Gasteiger partial charge in [-0.25, -0.2) is 8.42 Å². The molecule has 1 aliphatic carbocycles. The molecule has 1 saturated carbocycles. The van der Waals surface area contributed by atoms with Crippen LogP contribution < -0.4 is 5.32 Å². The Kier molecular flexibility index (Phi) is 6.82. The largest absolute Gasteiger partial charge is 0.321 e. The summed E-state index contributed by atoms with van der Waals surface area (Å²) in [6.07, 6.45) is 4.80. The fourth-order valence-corrected chi connectivity index (χ4v) is 5.25. The lowest BCUT2D eigenvalue weighted by Crippen LogP contribution is -2.51. The van der Waals surface area contributed by atoms with Crippen molar-refractivity contribution in [3.05, 3.63) is 24.3 Å². The fraction of sp³-hybridized carbons (Fsp3) is 0.632. The summed E-state index contributed by atoms with van der Waals surface area (Å²) in [6, 6.07) is 7.04. The summed E-state index contributed by atoms with van der Waals surface area (Å²) >= 11 is 0. The highest BCUT2D eigenvalue weighted by Gasteiger charge is 2.33. The Morgan fingerprint density at radius 2 is 1.81 bits per heavy atom. The Labute approximate surface area is 157 Å². The SMILES string of the molecule is CCN(CC)S(=O)(=O)c1cccc(NC(=O)C[N+](C)(C)C2CCCC2)c1. The number of hydrogen-bond donors (Lipinski definition) is 1. The second-order valence-electron chi connectivity index (χ2n) is 7.54. The molecule has 1 N–H and O–H groups in total. The van der Waals surface area contributed by atoms with Crippen molar-refractivity contribution < 1.29 is 17.7 Å². The molecule has 6 nitrogen and oxygen atoms in total. The molecule has 146 valence electrons. The number of amides is 1. The molecule has 0 radical (unpaired) electrons. The number of nitrogens with zero attached hydrogens (tertiary/aromatic N) is 2. The number of carbonyl (C=O) groups is 1. The van der Waals surface area contributed by atoms with Gasteiger partial charge in [0.05, 0.1) is 25.0 Å². The van der Waals surface area contributed by atoms with E-state index in [9.17, 15) is 13.2 Å². The number of carbonyl (C=O) groups excluding carboxylic acids is 1. The van der Waals surface area contributed by atoms with Gasteiger partial charge in [0.15, 0.2) is 6.54 Å². The van der Waals surface area contributed by atoms with E-state index >= 15 is 0 Å². The van der Waals surface area contributed by atoms with E-state index in [1.54, 1.807) is 24.3 Å². The maximum absolute atomic E-state index is 12.6. The van der Waals surface area contributed by atoms with Gasteiger partial charge in [0, 0.05) is 18.8 Å². The van der Waals surface area contributed by atoms with E-state index in [0.29, 0.717) is 35.8 Å². The minimum absolute atomic E-state index is 0.0840. The fourth-order valence-electron chi connectivity index (χ4n) is 3.75. The summed E-state index contributed by atoms with van der Waals surface area (Å²) < 4.78 is 27.4. The molecule has 1 aromatic rings. The average molecular weight is 383 g/mol. The van der Waals surface area contributed by atoms with Crippen molar-refractivity contribution in [3.8, 4) is 0 Å². The third kappa shape index (κ3) is 4.84. The predicted octanol–water partition coefficient (Wildman–Crippen LogP) is 2.67. The Morgan fingerprint density at radius 1 is 1.19 bits per heavy atom. The van der Waals surface area contributed by atoms with E-state index in [1.165, 1.54) is 17.1 Å². The van der Waals surface area contributed by atoms with Crippen molar-refractivity contribution >= 4 is 21.6 Å². The van der Waals surface area contributed by atoms with Crippen LogP contribution in [0.4, 0.5) is 5.69 Å². The Bertz CT molecular complexity index is 721. The molecule has 1 aliphatic rings. The van der Waals surface area contributed by atoms with Crippen LogP contribution in [0.2, 0.25) is 0 Å². The first-order chi connectivity index (χ1) is 12.2. The minimum Gasteiger partial charge on any atom is -0.321 e. The molecule has 0 aromatic heterocycles. The molecular weight excluding hydrogens is 350 g/mol. The monoisotopic (exact) mass is 382 g/mol. The van der Waals surface area contributed by atoms with Crippen LogP contribution in [-0.4, -0.2) is 62.9 Å². The van der Waals surface area contributed by atoms with Gasteiger partial charge in [0.2, 0.25) is 10.0 Å². The molecule has 0 unspecified atom stereocenters. The van der Waals surface area contributed by atoms with Gasteiger partial charge in [0.1, 0.15) is 0 Å². The first-order valence-corrected chi connectivity index (χ1v) is 10.9. The zero-order chi connectivity index (χ0) is 19.4. The van der Waals surface area contributed by atoms with Crippen LogP contribution in [0.15, 0.2) is 29.2 Å².